The van der Waals surface area contributed by atoms with Crippen molar-refractivity contribution in [2.24, 2.45) is 0 Å². The van der Waals surface area contributed by atoms with Gasteiger partial charge in [-0.05, 0) is 57.0 Å². The predicted molar refractivity (Wildman–Crippen MR) is 111 cm³/mol. The Morgan fingerprint density at radius 1 is 1.18 bits per heavy atom. The molecule has 0 saturated carbocycles. The maximum Gasteiger partial charge on any atom is 0.286 e. The number of rotatable bonds is 7. The monoisotopic (exact) mass is 401 g/mol. The minimum atomic E-state index is -0.287. The summed E-state index contributed by atoms with van der Waals surface area (Å²) < 4.78 is 0. The van der Waals surface area contributed by atoms with E-state index in [4.69, 9.17) is 0 Å². The van der Waals surface area contributed by atoms with Gasteiger partial charge in [0.2, 0.25) is 5.01 Å². The van der Waals surface area contributed by atoms with Crippen LogP contribution >= 0.6 is 11.3 Å². The molecule has 1 aliphatic heterocycles. The zero-order valence-electron chi connectivity index (χ0n) is 16.4. The van der Waals surface area contributed by atoms with Crippen molar-refractivity contribution < 1.29 is 9.59 Å². The first-order valence-electron chi connectivity index (χ1n) is 9.83. The van der Waals surface area contributed by atoms with Crippen LogP contribution < -0.4 is 10.6 Å². The van der Waals surface area contributed by atoms with Crippen LogP contribution in [0.4, 0.5) is 5.69 Å². The molecule has 1 unspecified atom stereocenters. The molecule has 0 spiro atoms. The fraction of sp³-hybridized carbons (Fsp3) is 0.500. The number of carbonyl (C=O) groups excluding carboxylic acids is 2. The third-order valence-electron chi connectivity index (χ3n) is 4.99. The molecule has 1 atom stereocenters. The molecule has 7 nitrogen and oxygen atoms in total. The summed E-state index contributed by atoms with van der Waals surface area (Å²) in [5.74, 6) is -0.385. The van der Waals surface area contributed by atoms with Crippen LogP contribution in [0.3, 0.4) is 0 Å². The highest BCUT2D eigenvalue weighted by atomic mass is 32.1. The molecule has 150 valence electrons. The number of nitrogens with one attached hydrogen (secondary N) is 2. The number of hydrogen-bond donors (Lipinski definition) is 2. The van der Waals surface area contributed by atoms with Crippen LogP contribution in [0.25, 0.3) is 0 Å². The van der Waals surface area contributed by atoms with Crippen LogP contribution in [0.5, 0.6) is 0 Å². The van der Waals surface area contributed by atoms with Gasteiger partial charge < -0.3 is 10.6 Å². The molecular weight excluding hydrogens is 374 g/mol. The molecule has 2 N–H and O–H groups in total. The van der Waals surface area contributed by atoms with Gasteiger partial charge in [0.1, 0.15) is 5.01 Å². The van der Waals surface area contributed by atoms with E-state index in [0.717, 1.165) is 24.5 Å². The summed E-state index contributed by atoms with van der Waals surface area (Å²) in [4.78, 5) is 26.9. The molecule has 1 aliphatic rings. The molecular formula is C20H27N5O2S. The molecule has 28 heavy (non-hydrogen) atoms. The van der Waals surface area contributed by atoms with Crippen molar-refractivity contribution in [2.75, 3.05) is 25.0 Å². The van der Waals surface area contributed by atoms with Gasteiger partial charge in [-0.2, -0.15) is 0 Å². The quantitative estimate of drug-likeness (QED) is 0.745. The number of likely N-dealkylation sites (tertiary alicyclic amines) is 1. The van der Waals surface area contributed by atoms with E-state index in [0.29, 0.717) is 28.8 Å². The van der Waals surface area contributed by atoms with Crippen molar-refractivity contribution in [3.05, 3.63) is 39.8 Å². The van der Waals surface area contributed by atoms with Crippen LogP contribution in [0.1, 0.15) is 58.3 Å². The summed E-state index contributed by atoms with van der Waals surface area (Å²) in [5.41, 5.74) is 1.20. The first-order valence-corrected chi connectivity index (χ1v) is 10.6. The van der Waals surface area contributed by atoms with E-state index in [1.54, 1.807) is 24.3 Å². The van der Waals surface area contributed by atoms with Crippen molar-refractivity contribution >= 4 is 28.8 Å². The molecule has 1 aromatic heterocycles. The summed E-state index contributed by atoms with van der Waals surface area (Å²) in [6.07, 6.45) is 4.53. The summed E-state index contributed by atoms with van der Waals surface area (Å²) in [7, 11) is 0. The van der Waals surface area contributed by atoms with E-state index < -0.39 is 0 Å². The lowest BCUT2D eigenvalue weighted by Crippen LogP contribution is -2.42. The normalized spacial score (nSPS) is 17.3. The maximum absolute atomic E-state index is 12.3. The third kappa shape index (κ3) is 5.36. The fourth-order valence-corrected chi connectivity index (χ4v) is 3.96. The number of amides is 2. The molecule has 1 fully saturated rings. The molecule has 8 heteroatoms. The van der Waals surface area contributed by atoms with Gasteiger partial charge in [-0.3, -0.25) is 14.5 Å². The Balaban J connectivity index is 1.47. The Labute approximate surface area is 169 Å². The molecule has 2 heterocycles. The smallest absolute Gasteiger partial charge is 0.286 e. The van der Waals surface area contributed by atoms with E-state index >= 15 is 0 Å². The van der Waals surface area contributed by atoms with Gasteiger partial charge in [-0.25, -0.2) is 0 Å². The number of aromatic nitrogens is 2. The van der Waals surface area contributed by atoms with Crippen molar-refractivity contribution in [1.29, 1.82) is 0 Å². The third-order valence-corrected chi connectivity index (χ3v) is 6.06. The minimum absolute atomic E-state index is 0.0979. The molecule has 2 aromatic rings. The van der Waals surface area contributed by atoms with Gasteiger partial charge in [-0.1, -0.05) is 24.7 Å². The van der Waals surface area contributed by atoms with E-state index in [2.05, 4.69) is 32.7 Å². The Hall–Kier alpha value is -2.32. The fourth-order valence-electron chi connectivity index (χ4n) is 3.28. The SMILES string of the molecule is CCc1nnc(C(=O)Nc2ccc(C(=O)NCCN3CCCCC3C)cc2)s1. The maximum atomic E-state index is 12.3. The highest BCUT2D eigenvalue weighted by molar-refractivity contribution is 7.13. The second-order valence-corrected chi connectivity index (χ2v) is 8.08. The number of benzene rings is 1. The van der Waals surface area contributed by atoms with Gasteiger partial charge >= 0.3 is 0 Å². The lowest BCUT2D eigenvalue weighted by atomic mass is 10.0. The Kier molecular flexibility index (Phi) is 7.11. The zero-order chi connectivity index (χ0) is 19.9. The molecule has 3 rings (SSSR count). The number of nitrogens with zero attached hydrogens (tertiary/aromatic N) is 3. The number of aryl methyl sites for hydroxylation is 1. The van der Waals surface area contributed by atoms with Crippen LogP contribution in [-0.4, -0.2) is 52.6 Å². The van der Waals surface area contributed by atoms with E-state index in [-0.39, 0.29) is 11.8 Å². The van der Waals surface area contributed by atoms with Crippen molar-refractivity contribution in [3.63, 3.8) is 0 Å². The van der Waals surface area contributed by atoms with E-state index in [1.807, 2.05) is 6.92 Å². The Bertz CT molecular complexity index is 805. The zero-order valence-corrected chi connectivity index (χ0v) is 17.2. The standard InChI is InChI=1S/C20H27N5O2S/c1-3-17-23-24-20(28-17)19(27)22-16-9-7-15(8-10-16)18(26)21-11-13-25-12-5-4-6-14(25)2/h7-10,14H,3-6,11-13H2,1-2H3,(H,21,26)(H,22,27). The van der Waals surface area contributed by atoms with Crippen molar-refractivity contribution in [2.45, 2.75) is 45.6 Å². The van der Waals surface area contributed by atoms with Crippen molar-refractivity contribution in [3.8, 4) is 0 Å². The van der Waals surface area contributed by atoms with Gasteiger partial charge in [0.25, 0.3) is 11.8 Å². The highest BCUT2D eigenvalue weighted by Gasteiger charge is 2.18. The molecule has 0 radical (unpaired) electrons. The molecule has 0 bridgehead atoms. The van der Waals surface area contributed by atoms with Crippen LogP contribution in [0.15, 0.2) is 24.3 Å². The average molecular weight is 402 g/mol. The summed E-state index contributed by atoms with van der Waals surface area (Å²) in [5, 5.41) is 14.8. The lowest BCUT2D eigenvalue weighted by molar-refractivity contribution is 0.0938. The summed E-state index contributed by atoms with van der Waals surface area (Å²) in [6, 6.07) is 7.47. The van der Waals surface area contributed by atoms with Gasteiger partial charge in [0.15, 0.2) is 0 Å². The second-order valence-electron chi connectivity index (χ2n) is 7.02. The topological polar surface area (TPSA) is 87.2 Å². The molecule has 1 aromatic carbocycles. The minimum Gasteiger partial charge on any atom is -0.351 e. The first kappa shape index (κ1) is 20.4. The number of hydrogen-bond acceptors (Lipinski definition) is 6. The van der Waals surface area contributed by atoms with Gasteiger partial charge in [0, 0.05) is 30.4 Å². The Morgan fingerprint density at radius 3 is 2.64 bits per heavy atom. The van der Waals surface area contributed by atoms with Gasteiger partial charge in [0.05, 0.1) is 0 Å². The molecule has 0 aliphatic carbocycles. The van der Waals surface area contributed by atoms with Crippen LogP contribution in [0.2, 0.25) is 0 Å². The predicted octanol–water partition coefficient (Wildman–Crippen LogP) is 2.96. The number of carbonyl (C=O) groups is 2. The van der Waals surface area contributed by atoms with Gasteiger partial charge in [-0.15, -0.1) is 10.2 Å². The van der Waals surface area contributed by atoms with Crippen LogP contribution in [0, 0.1) is 0 Å². The summed E-state index contributed by atoms with van der Waals surface area (Å²) >= 11 is 1.29. The lowest BCUT2D eigenvalue weighted by Gasteiger charge is -2.33. The Morgan fingerprint density at radius 2 is 1.96 bits per heavy atom. The van der Waals surface area contributed by atoms with Crippen molar-refractivity contribution in [1.82, 2.24) is 20.4 Å². The molecule has 2 amide bonds. The second kappa shape index (κ2) is 9.75. The summed E-state index contributed by atoms with van der Waals surface area (Å²) in [6.45, 7) is 6.85. The van der Waals surface area contributed by atoms with E-state index in [1.165, 1.54) is 30.6 Å². The largest absolute Gasteiger partial charge is 0.351 e. The number of piperidine rings is 1. The number of anilines is 1. The first-order chi connectivity index (χ1) is 13.6. The average Bonchev–Trinajstić information content (AvgIpc) is 3.19. The van der Waals surface area contributed by atoms with E-state index in [9.17, 15) is 9.59 Å². The molecule has 1 saturated heterocycles. The van der Waals surface area contributed by atoms with Crippen LogP contribution in [-0.2, 0) is 6.42 Å². The highest BCUT2D eigenvalue weighted by Crippen LogP contribution is 2.16.